The quantitative estimate of drug-likeness (QED) is 0.407. The molecule has 27 heavy (non-hydrogen) atoms. The summed E-state index contributed by atoms with van der Waals surface area (Å²) in [5, 5.41) is 3.31. The molecule has 0 spiro atoms. The summed E-state index contributed by atoms with van der Waals surface area (Å²) >= 11 is 0. The van der Waals surface area contributed by atoms with Gasteiger partial charge in [0.2, 0.25) is 0 Å². The van der Waals surface area contributed by atoms with Gasteiger partial charge in [-0.15, -0.1) is 24.0 Å². The van der Waals surface area contributed by atoms with Gasteiger partial charge in [-0.2, -0.15) is 0 Å². The monoisotopic (exact) mass is 489 g/mol. The van der Waals surface area contributed by atoms with Crippen molar-refractivity contribution in [2.45, 2.75) is 25.8 Å². The molecule has 2 aromatic rings. The minimum absolute atomic E-state index is 0. The Morgan fingerprint density at radius 2 is 2.04 bits per heavy atom. The van der Waals surface area contributed by atoms with E-state index >= 15 is 0 Å². The van der Waals surface area contributed by atoms with Crippen molar-refractivity contribution in [1.82, 2.24) is 19.8 Å². The number of guanidine groups is 1. The van der Waals surface area contributed by atoms with Gasteiger partial charge < -0.3 is 14.8 Å². The van der Waals surface area contributed by atoms with Crippen LogP contribution in [0.3, 0.4) is 0 Å². The molecule has 1 saturated heterocycles. The van der Waals surface area contributed by atoms with Crippen molar-refractivity contribution >= 4 is 29.9 Å². The SMILES string of the molecule is CN=C(NCCc1cc(F)cc(F)c1)N1CCC(C)C(n2ccnc2)C1.I. The lowest BCUT2D eigenvalue weighted by atomic mass is 9.93. The van der Waals surface area contributed by atoms with Crippen LogP contribution in [0.25, 0.3) is 0 Å². The number of benzene rings is 1. The van der Waals surface area contributed by atoms with E-state index in [1.807, 2.05) is 12.5 Å². The number of rotatable bonds is 4. The van der Waals surface area contributed by atoms with Crippen LogP contribution in [-0.4, -0.2) is 47.1 Å². The molecule has 3 rings (SSSR count). The van der Waals surface area contributed by atoms with Gasteiger partial charge in [-0.05, 0) is 36.5 Å². The number of aromatic nitrogens is 2. The van der Waals surface area contributed by atoms with Crippen molar-refractivity contribution in [1.29, 1.82) is 0 Å². The maximum atomic E-state index is 13.3. The molecule has 1 aromatic heterocycles. The number of nitrogens with one attached hydrogen (secondary N) is 1. The maximum absolute atomic E-state index is 13.3. The highest BCUT2D eigenvalue weighted by molar-refractivity contribution is 14.0. The Morgan fingerprint density at radius 3 is 2.67 bits per heavy atom. The van der Waals surface area contributed by atoms with Gasteiger partial charge in [-0.25, -0.2) is 13.8 Å². The van der Waals surface area contributed by atoms with Crippen molar-refractivity contribution in [2.75, 3.05) is 26.7 Å². The number of hydrogen-bond donors (Lipinski definition) is 1. The summed E-state index contributed by atoms with van der Waals surface area (Å²) < 4.78 is 28.7. The predicted octanol–water partition coefficient (Wildman–Crippen LogP) is 3.48. The third kappa shape index (κ3) is 5.63. The minimum atomic E-state index is -0.544. The fourth-order valence-electron chi connectivity index (χ4n) is 3.50. The number of halogens is 3. The largest absolute Gasteiger partial charge is 0.356 e. The van der Waals surface area contributed by atoms with E-state index in [9.17, 15) is 8.78 Å². The molecule has 0 saturated carbocycles. The van der Waals surface area contributed by atoms with Gasteiger partial charge in [0.1, 0.15) is 11.6 Å². The lowest BCUT2D eigenvalue weighted by Crippen LogP contribution is -2.49. The first-order valence-corrected chi connectivity index (χ1v) is 8.95. The van der Waals surface area contributed by atoms with Crippen molar-refractivity contribution in [2.24, 2.45) is 10.9 Å². The minimum Gasteiger partial charge on any atom is -0.356 e. The molecule has 2 unspecified atom stereocenters. The molecule has 1 N–H and O–H groups in total. The number of nitrogens with zero attached hydrogens (tertiary/aromatic N) is 4. The number of imidazole rings is 1. The molecule has 0 radical (unpaired) electrons. The molecule has 0 bridgehead atoms. The third-order valence-electron chi connectivity index (χ3n) is 4.96. The molecule has 1 aromatic carbocycles. The van der Waals surface area contributed by atoms with Gasteiger partial charge in [-0.1, -0.05) is 6.92 Å². The second kappa shape index (κ2) is 10.0. The Kier molecular flexibility index (Phi) is 8.00. The van der Waals surface area contributed by atoms with Crippen molar-refractivity contribution in [3.63, 3.8) is 0 Å². The molecule has 8 heteroatoms. The molecule has 1 aliphatic rings. The lowest BCUT2D eigenvalue weighted by molar-refractivity contribution is 0.189. The van der Waals surface area contributed by atoms with E-state index in [4.69, 9.17) is 0 Å². The zero-order chi connectivity index (χ0) is 18.5. The number of likely N-dealkylation sites (tertiary alicyclic amines) is 1. The summed E-state index contributed by atoms with van der Waals surface area (Å²) in [5.74, 6) is 0.294. The van der Waals surface area contributed by atoms with Crippen molar-refractivity contribution in [3.8, 4) is 0 Å². The first kappa shape index (κ1) is 21.6. The standard InChI is InChI=1S/C19H25F2N5.HI/c1-14-4-7-25(12-18(14)26-8-6-23-13-26)19(22-2)24-5-3-15-9-16(20)11-17(21)10-15;/h6,8-11,13-14,18H,3-5,7,12H2,1-2H3,(H,22,24);1H. The van der Waals surface area contributed by atoms with Crippen LogP contribution in [0.2, 0.25) is 0 Å². The van der Waals surface area contributed by atoms with Gasteiger partial charge in [0.05, 0.1) is 12.4 Å². The topological polar surface area (TPSA) is 45.5 Å². The van der Waals surface area contributed by atoms with Crippen LogP contribution in [0.4, 0.5) is 8.78 Å². The van der Waals surface area contributed by atoms with Crippen LogP contribution >= 0.6 is 24.0 Å². The first-order chi connectivity index (χ1) is 12.6. The summed E-state index contributed by atoms with van der Waals surface area (Å²) in [5.41, 5.74) is 0.633. The summed E-state index contributed by atoms with van der Waals surface area (Å²) in [6, 6.07) is 3.97. The molecule has 0 amide bonds. The first-order valence-electron chi connectivity index (χ1n) is 8.95. The normalized spacial score (nSPS) is 20.3. The Labute approximate surface area is 175 Å². The second-order valence-corrected chi connectivity index (χ2v) is 6.79. The Morgan fingerprint density at radius 1 is 1.30 bits per heavy atom. The van der Waals surface area contributed by atoms with Crippen molar-refractivity contribution < 1.29 is 8.78 Å². The van der Waals surface area contributed by atoms with E-state index in [0.717, 1.165) is 31.5 Å². The van der Waals surface area contributed by atoms with Crippen LogP contribution in [-0.2, 0) is 6.42 Å². The summed E-state index contributed by atoms with van der Waals surface area (Å²) in [6.45, 7) is 4.61. The van der Waals surface area contributed by atoms with E-state index in [0.29, 0.717) is 30.5 Å². The smallest absolute Gasteiger partial charge is 0.193 e. The van der Waals surface area contributed by atoms with Crippen molar-refractivity contribution in [3.05, 3.63) is 54.1 Å². The van der Waals surface area contributed by atoms with Crippen LogP contribution in [0.1, 0.15) is 24.9 Å². The summed E-state index contributed by atoms with van der Waals surface area (Å²) in [7, 11) is 1.76. The van der Waals surface area contributed by atoms with Gasteiger partial charge in [0, 0.05) is 45.1 Å². The molecule has 2 atom stereocenters. The molecule has 1 fully saturated rings. The molecule has 148 valence electrons. The fourth-order valence-corrected chi connectivity index (χ4v) is 3.50. The molecular formula is C19H26F2IN5. The van der Waals surface area contributed by atoms with Crippen LogP contribution < -0.4 is 5.32 Å². The zero-order valence-electron chi connectivity index (χ0n) is 15.6. The van der Waals surface area contributed by atoms with Crippen LogP contribution in [0, 0.1) is 17.6 Å². The highest BCUT2D eigenvalue weighted by atomic mass is 127. The fraction of sp³-hybridized carbons (Fsp3) is 0.474. The molecule has 2 heterocycles. The van der Waals surface area contributed by atoms with E-state index in [-0.39, 0.29) is 24.0 Å². The van der Waals surface area contributed by atoms with E-state index in [2.05, 4.69) is 31.7 Å². The summed E-state index contributed by atoms with van der Waals surface area (Å²) in [4.78, 5) is 10.8. The van der Waals surface area contributed by atoms with Crippen LogP contribution in [0.15, 0.2) is 41.9 Å². The highest BCUT2D eigenvalue weighted by Gasteiger charge is 2.28. The highest BCUT2D eigenvalue weighted by Crippen LogP contribution is 2.27. The average Bonchev–Trinajstić information content (AvgIpc) is 3.13. The molecule has 1 aliphatic heterocycles. The number of aliphatic imine (C=N–C) groups is 1. The molecule has 0 aliphatic carbocycles. The lowest BCUT2D eigenvalue weighted by Gasteiger charge is -2.39. The predicted molar refractivity (Wildman–Crippen MR) is 113 cm³/mol. The molecular weight excluding hydrogens is 463 g/mol. The van der Waals surface area contributed by atoms with Gasteiger partial charge in [0.15, 0.2) is 5.96 Å². The average molecular weight is 489 g/mol. The molecule has 5 nitrogen and oxygen atoms in total. The number of piperidine rings is 1. The van der Waals surface area contributed by atoms with E-state index in [1.165, 1.54) is 12.1 Å². The van der Waals surface area contributed by atoms with Gasteiger partial charge >= 0.3 is 0 Å². The second-order valence-electron chi connectivity index (χ2n) is 6.79. The van der Waals surface area contributed by atoms with E-state index < -0.39 is 11.6 Å². The van der Waals surface area contributed by atoms with E-state index in [1.54, 1.807) is 13.2 Å². The maximum Gasteiger partial charge on any atom is 0.193 e. The third-order valence-corrected chi connectivity index (χ3v) is 4.96. The zero-order valence-corrected chi connectivity index (χ0v) is 17.9. The van der Waals surface area contributed by atoms with Gasteiger partial charge in [0.25, 0.3) is 0 Å². The summed E-state index contributed by atoms with van der Waals surface area (Å²) in [6.07, 6.45) is 7.26. The Bertz CT molecular complexity index is 730. The Balaban J connectivity index is 0.00000261. The number of hydrogen-bond acceptors (Lipinski definition) is 2. The Hall–Kier alpha value is -1.71. The van der Waals surface area contributed by atoms with Crippen LogP contribution in [0.5, 0.6) is 0 Å². The van der Waals surface area contributed by atoms with Gasteiger partial charge in [-0.3, -0.25) is 4.99 Å².